The number of hydrogen-bond acceptors (Lipinski definition) is 6. The number of thiazole rings is 1. The zero-order valence-corrected chi connectivity index (χ0v) is 16.1. The minimum atomic E-state index is 0.0213. The van der Waals surface area contributed by atoms with Crippen LogP contribution >= 0.6 is 22.7 Å². The number of hydrogen-bond donors (Lipinski definition) is 0. The Balaban J connectivity index is 1.40. The molecule has 0 radical (unpaired) electrons. The van der Waals surface area contributed by atoms with Gasteiger partial charge < -0.3 is 14.5 Å². The summed E-state index contributed by atoms with van der Waals surface area (Å²) in [6, 6.07) is 10.1. The highest BCUT2D eigenvalue weighted by Gasteiger charge is 2.24. The van der Waals surface area contributed by atoms with Crippen molar-refractivity contribution in [3.63, 3.8) is 0 Å². The van der Waals surface area contributed by atoms with Crippen LogP contribution in [-0.4, -0.2) is 49.1 Å². The summed E-state index contributed by atoms with van der Waals surface area (Å²) in [5, 5.41) is 6.85. The Hall–Kier alpha value is -2.38. The molecule has 26 heavy (non-hydrogen) atoms. The fourth-order valence-electron chi connectivity index (χ4n) is 3.03. The van der Waals surface area contributed by atoms with Crippen LogP contribution in [0, 0.1) is 0 Å². The number of rotatable bonds is 4. The third-order valence-electron chi connectivity index (χ3n) is 4.48. The van der Waals surface area contributed by atoms with Gasteiger partial charge in [0.05, 0.1) is 7.11 Å². The molecule has 1 fully saturated rings. The van der Waals surface area contributed by atoms with Crippen LogP contribution in [0.2, 0.25) is 0 Å². The van der Waals surface area contributed by atoms with Gasteiger partial charge in [0.25, 0.3) is 5.91 Å². The van der Waals surface area contributed by atoms with E-state index >= 15 is 0 Å². The number of ether oxygens (including phenoxy) is 1. The molecule has 3 heterocycles. The Morgan fingerprint density at radius 2 is 2.00 bits per heavy atom. The van der Waals surface area contributed by atoms with Crippen molar-refractivity contribution in [1.82, 2.24) is 9.88 Å². The second kappa shape index (κ2) is 7.47. The highest BCUT2D eigenvalue weighted by molar-refractivity contribution is 7.14. The summed E-state index contributed by atoms with van der Waals surface area (Å²) < 4.78 is 5.30. The van der Waals surface area contributed by atoms with E-state index < -0.39 is 0 Å². The molecule has 1 saturated heterocycles. The Bertz CT molecular complexity index is 884. The molecule has 1 aliphatic rings. The van der Waals surface area contributed by atoms with E-state index in [4.69, 9.17) is 4.74 Å². The molecule has 2 aromatic heterocycles. The molecule has 0 atom stereocenters. The molecule has 3 aromatic rings. The van der Waals surface area contributed by atoms with Crippen molar-refractivity contribution in [1.29, 1.82) is 0 Å². The summed E-state index contributed by atoms with van der Waals surface area (Å²) in [4.78, 5) is 21.5. The smallest absolute Gasteiger partial charge is 0.273 e. The SMILES string of the molecule is COc1cccc(N2CCN(C(=O)c3csc(-c4ccsc4)n3)CC2)c1. The summed E-state index contributed by atoms with van der Waals surface area (Å²) >= 11 is 3.16. The van der Waals surface area contributed by atoms with Gasteiger partial charge in [0, 0.05) is 54.3 Å². The van der Waals surface area contributed by atoms with Gasteiger partial charge in [0.2, 0.25) is 0 Å². The fourth-order valence-corrected chi connectivity index (χ4v) is 4.53. The number of thiophene rings is 1. The van der Waals surface area contributed by atoms with E-state index in [2.05, 4.69) is 21.3 Å². The van der Waals surface area contributed by atoms with Crippen LogP contribution in [-0.2, 0) is 0 Å². The summed E-state index contributed by atoms with van der Waals surface area (Å²) in [7, 11) is 1.67. The monoisotopic (exact) mass is 385 g/mol. The minimum absolute atomic E-state index is 0.0213. The molecule has 5 nitrogen and oxygen atoms in total. The lowest BCUT2D eigenvalue weighted by Crippen LogP contribution is -2.48. The van der Waals surface area contributed by atoms with Gasteiger partial charge in [-0.25, -0.2) is 4.98 Å². The van der Waals surface area contributed by atoms with E-state index in [9.17, 15) is 4.79 Å². The van der Waals surface area contributed by atoms with Crippen molar-refractivity contribution < 1.29 is 9.53 Å². The first-order valence-electron chi connectivity index (χ1n) is 8.41. The lowest BCUT2D eigenvalue weighted by molar-refractivity contribution is 0.0742. The van der Waals surface area contributed by atoms with Crippen molar-refractivity contribution >= 4 is 34.3 Å². The quantitative estimate of drug-likeness (QED) is 0.684. The largest absolute Gasteiger partial charge is 0.497 e. The van der Waals surface area contributed by atoms with Crippen LogP contribution in [0.5, 0.6) is 5.75 Å². The summed E-state index contributed by atoms with van der Waals surface area (Å²) in [6.45, 7) is 3.00. The maximum atomic E-state index is 12.8. The van der Waals surface area contributed by atoms with Crippen LogP contribution in [0.3, 0.4) is 0 Å². The topological polar surface area (TPSA) is 45.7 Å². The number of carbonyl (C=O) groups excluding carboxylic acids is 1. The first kappa shape index (κ1) is 17.1. The highest BCUT2D eigenvalue weighted by atomic mass is 32.1. The normalized spacial score (nSPS) is 14.5. The third-order valence-corrected chi connectivity index (χ3v) is 6.05. The van der Waals surface area contributed by atoms with Crippen molar-refractivity contribution in [3.05, 3.63) is 52.2 Å². The number of methoxy groups -OCH3 is 1. The standard InChI is InChI=1S/C19H19N3O2S2/c1-24-16-4-2-3-15(11-16)21-6-8-22(9-7-21)19(23)17-13-26-18(20-17)14-5-10-25-12-14/h2-5,10-13H,6-9H2,1H3. The van der Waals surface area contributed by atoms with E-state index in [0.717, 1.165) is 35.1 Å². The summed E-state index contributed by atoms with van der Waals surface area (Å²) in [6.07, 6.45) is 0. The Kier molecular flexibility index (Phi) is 4.90. The molecular formula is C19H19N3O2S2. The predicted octanol–water partition coefficient (Wildman–Crippen LogP) is 3.84. The molecule has 4 rings (SSSR count). The van der Waals surface area contributed by atoms with E-state index in [0.29, 0.717) is 18.8 Å². The van der Waals surface area contributed by atoms with Gasteiger partial charge >= 0.3 is 0 Å². The van der Waals surface area contributed by atoms with E-state index in [1.54, 1.807) is 18.4 Å². The molecule has 7 heteroatoms. The van der Waals surface area contributed by atoms with Crippen molar-refractivity contribution in [3.8, 4) is 16.3 Å². The van der Waals surface area contributed by atoms with Crippen molar-refractivity contribution in [2.75, 3.05) is 38.2 Å². The van der Waals surface area contributed by atoms with E-state index in [-0.39, 0.29) is 5.91 Å². The molecular weight excluding hydrogens is 366 g/mol. The maximum Gasteiger partial charge on any atom is 0.273 e. The van der Waals surface area contributed by atoms with Crippen LogP contribution in [0.25, 0.3) is 10.6 Å². The van der Waals surface area contributed by atoms with Gasteiger partial charge in [-0.05, 0) is 23.6 Å². The number of carbonyl (C=O) groups is 1. The number of aromatic nitrogens is 1. The fraction of sp³-hybridized carbons (Fsp3) is 0.263. The molecule has 1 amide bonds. The van der Waals surface area contributed by atoms with Gasteiger partial charge in [-0.3, -0.25) is 4.79 Å². The molecule has 0 unspecified atom stereocenters. The Labute approximate surface area is 160 Å². The average molecular weight is 386 g/mol. The molecule has 0 N–H and O–H groups in total. The Morgan fingerprint density at radius 3 is 2.73 bits per heavy atom. The second-order valence-electron chi connectivity index (χ2n) is 6.03. The molecule has 1 aliphatic heterocycles. The van der Waals surface area contributed by atoms with Crippen LogP contribution in [0.1, 0.15) is 10.5 Å². The van der Waals surface area contributed by atoms with Crippen LogP contribution in [0.15, 0.2) is 46.5 Å². The molecule has 0 bridgehead atoms. The van der Waals surface area contributed by atoms with Gasteiger partial charge in [-0.2, -0.15) is 11.3 Å². The first-order valence-corrected chi connectivity index (χ1v) is 10.2. The number of anilines is 1. The molecule has 0 saturated carbocycles. The van der Waals surface area contributed by atoms with Gasteiger partial charge in [0.1, 0.15) is 16.5 Å². The molecule has 0 aliphatic carbocycles. The maximum absolute atomic E-state index is 12.8. The van der Waals surface area contributed by atoms with Gasteiger partial charge in [-0.15, -0.1) is 11.3 Å². The van der Waals surface area contributed by atoms with Gasteiger partial charge in [0.15, 0.2) is 0 Å². The zero-order valence-electron chi connectivity index (χ0n) is 14.4. The van der Waals surface area contributed by atoms with Crippen molar-refractivity contribution in [2.45, 2.75) is 0 Å². The lowest BCUT2D eigenvalue weighted by Gasteiger charge is -2.35. The number of amides is 1. The van der Waals surface area contributed by atoms with E-state index in [1.165, 1.54) is 11.3 Å². The van der Waals surface area contributed by atoms with Crippen LogP contribution < -0.4 is 9.64 Å². The highest BCUT2D eigenvalue weighted by Crippen LogP contribution is 2.27. The summed E-state index contributed by atoms with van der Waals surface area (Å²) in [5.74, 6) is 0.873. The lowest BCUT2D eigenvalue weighted by atomic mass is 10.2. The number of nitrogens with zero attached hydrogens (tertiary/aromatic N) is 3. The number of benzene rings is 1. The second-order valence-corrected chi connectivity index (χ2v) is 7.67. The molecule has 134 valence electrons. The number of piperazine rings is 1. The van der Waals surface area contributed by atoms with Crippen molar-refractivity contribution in [2.24, 2.45) is 0 Å². The third kappa shape index (κ3) is 3.45. The molecule has 0 spiro atoms. The zero-order chi connectivity index (χ0) is 17.9. The molecule has 1 aromatic carbocycles. The van der Waals surface area contributed by atoms with Crippen LogP contribution in [0.4, 0.5) is 5.69 Å². The summed E-state index contributed by atoms with van der Waals surface area (Å²) in [5.41, 5.74) is 2.76. The Morgan fingerprint density at radius 1 is 1.15 bits per heavy atom. The van der Waals surface area contributed by atoms with E-state index in [1.807, 2.05) is 39.9 Å². The average Bonchev–Trinajstić information content (AvgIpc) is 3.39. The predicted molar refractivity (Wildman–Crippen MR) is 107 cm³/mol. The minimum Gasteiger partial charge on any atom is -0.497 e. The van der Waals surface area contributed by atoms with Gasteiger partial charge in [-0.1, -0.05) is 6.07 Å². The first-order chi connectivity index (χ1) is 12.7.